The number of aromatic nitrogens is 1. The molecule has 1 aliphatic rings. The molecule has 0 saturated heterocycles. The molecule has 0 amide bonds. The number of anilines is 1. The molecule has 19 heavy (non-hydrogen) atoms. The number of hydrogen-bond acceptors (Lipinski definition) is 4. The van der Waals surface area contributed by atoms with Gasteiger partial charge in [0.25, 0.3) is 0 Å². The van der Waals surface area contributed by atoms with E-state index in [4.69, 9.17) is 23.2 Å². The lowest BCUT2D eigenvalue weighted by Crippen LogP contribution is -2.37. The van der Waals surface area contributed by atoms with Gasteiger partial charge in [0.05, 0.1) is 11.1 Å². The number of hydrazine groups is 1. The highest BCUT2D eigenvalue weighted by Crippen LogP contribution is 2.43. The van der Waals surface area contributed by atoms with Crippen LogP contribution >= 0.6 is 11.6 Å². The number of nitrogen functional groups attached to an aromatic ring is 1. The topological polar surface area (TPSA) is 77.0 Å². The first kappa shape index (κ1) is 14.6. The Morgan fingerprint density at radius 1 is 1.42 bits per heavy atom. The average Bonchev–Trinajstić information content (AvgIpc) is 2.36. The molecule has 5 N–H and O–H groups in total. The largest absolute Gasteiger partial charge is 0.383 e. The second-order valence-corrected chi connectivity index (χ2v) is 6.71. The van der Waals surface area contributed by atoms with Crippen molar-refractivity contribution in [2.75, 3.05) is 5.73 Å². The summed E-state index contributed by atoms with van der Waals surface area (Å²) in [5.41, 5.74) is 10.2. The van der Waals surface area contributed by atoms with E-state index < -0.39 is 0 Å². The summed E-state index contributed by atoms with van der Waals surface area (Å²) in [6, 6.07) is 1.90. The van der Waals surface area contributed by atoms with Crippen molar-refractivity contribution in [1.29, 1.82) is 0 Å². The van der Waals surface area contributed by atoms with Crippen LogP contribution in [0.15, 0.2) is 12.3 Å². The third kappa shape index (κ3) is 3.38. The highest BCUT2D eigenvalue weighted by Gasteiger charge is 2.32. The molecule has 0 aromatic carbocycles. The minimum atomic E-state index is 0.0299. The summed E-state index contributed by atoms with van der Waals surface area (Å²) >= 11 is 6.02. The second-order valence-electron chi connectivity index (χ2n) is 6.27. The van der Waals surface area contributed by atoms with Gasteiger partial charge in [-0.1, -0.05) is 25.4 Å². The van der Waals surface area contributed by atoms with Crippen LogP contribution in [-0.2, 0) is 0 Å². The Bertz CT molecular complexity index is 437. The van der Waals surface area contributed by atoms with E-state index in [1.165, 1.54) is 12.8 Å². The first-order valence-corrected chi connectivity index (χ1v) is 7.18. The molecule has 1 aliphatic carbocycles. The van der Waals surface area contributed by atoms with E-state index in [0.717, 1.165) is 18.4 Å². The molecule has 0 bridgehead atoms. The number of nitrogens with two attached hydrogens (primary N) is 2. The van der Waals surface area contributed by atoms with Crippen LogP contribution in [0.2, 0.25) is 5.02 Å². The molecule has 5 heteroatoms. The zero-order valence-corrected chi connectivity index (χ0v) is 12.4. The number of hydrogen-bond donors (Lipinski definition) is 3. The first-order valence-electron chi connectivity index (χ1n) is 6.80. The van der Waals surface area contributed by atoms with Crippen molar-refractivity contribution in [2.45, 2.75) is 45.6 Å². The van der Waals surface area contributed by atoms with Gasteiger partial charge in [-0.3, -0.25) is 11.3 Å². The smallest absolute Gasteiger partial charge is 0.128 e. The predicted octanol–water partition coefficient (Wildman–Crippen LogP) is 3.04. The first-order chi connectivity index (χ1) is 8.93. The second kappa shape index (κ2) is 5.65. The maximum atomic E-state index is 6.02. The summed E-state index contributed by atoms with van der Waals surface area (Å²) < 4.78 is 0. The molecule has 1 aromatic rings. The lowest BCUT2D eigenvalue weighted by Gasteiger charge is -2.38. The molecule has 2 rings (SSSR count). The zero-order chi connectivity index (χ0) is 14.0. The molecule has 0 spiro atoms. The van der Waals surface area contributed by atoms with Gasteiger partial charge in [0.1, 0.15) is 5.82 Å². The number of nitrogens with one attached hydrogen (secondary N) is 1. The Balaban J connectivity index is 2.18. The van der Waals surface area contributed by atoms with E-state index in [-0.39, 0.29) is 6.04 Å². The van der Waals surface area contributed by atoms with E-state index in [1.54, 1.807) is 6.20 Å². The van der Waals surface area contributed by atoms with Gasteiger partial charge < -0.3 is 5.73 Å². The van der Waals surface area contributed by atoms with Crippen LogP contribution in [0.5, 0.6) is 0 Å². The zero-order valence-electron chi connectivity index (χ0n) is 11.6. The highest BCUT2D eigenvalue weighted by molar-refractivity contribution is 6.30. The Labute approximate surface area is 119 Å². The SMILES string of the molecule is CC1(C)CCC(C(NN)c2cc(Cl)cnc2N)CC1. The van der Waals surface area contributed by atoms with Crippen LogP contribution in [-0.4, -0.2) is 4.98 Å². The van der Waals surface area contributed by atoms with Gasteiger partial charge in [0, 0.05) is 11.8 Å². The molecular formula is C14H23ClN4. The monoisotopic (exact) mass is 282 g/mol. The van der Waals surface area contributed by atoms with Crippen molar-refractivity contribution in [1.82, 2.24) is 10.4 Å². The van der Waals surface area contributed by atoms with Gasteiger partial charge in [0.2, 0.25) is 0 Å². The Hall–Kier alpha value is -0.840. The summed E-state index contributed by atoms with van der Waals surface area (Å²) in [7, 11) is 0. The summed E-state index contributed by atoms with van der Waals surface area (Å²) in [6.07, 6.45) is 6.28. The number of halogens is 1. The average molecular weight is 283 g/mol. The van der Waals surface area contributed by atoms with Crippen LogP contribution in [0, 0.1) is 11.3 Å². The van der Waals surface area contributed by atoms with Crippen LogP contribution in [0.3, 0.4) is 0 Å². The van der Waals surface area contributed by atoms with Gasteiger partial charge in [-0.15, -0.1) is 0 Å². The Morgan fingerprint density at radius 3 is 2.63 bits per heavy atom. The van der Waals surface area contributed by atoms with Gasteiger partial charge in [-0.25, -0.2) is 4.98 Å². The van der Waals surface area contributed by atoms with Crippen LogP contribution in [0.25, 0.3) is 0 Å². The Kier molecular flexibility index (Phi) is 4.33. The molecular weight excluding hydrogens is 260 g/mol. The van der Waals surface area contributed by atoms with Crippen molar-refractivity contribution < 1.29 is 0 Å². The van der Waals surface area contributed by atoms with Gasteiger partial charge in [-0.2, -0.15) is 0 Å². The fraction of sp³-hybridized carbons (Fsp3) is 0.643. The van der Waals surface area contributed by atoms with Crippen LogP contribution < -0.4 is 17.0 Å². The molecule has 1 heterocycles. The maximum absolute atomic E-state index is 6.02. The molecule has 1 fully saturated rings. The third-order valence-corrected chi connectivity index (χ3v) is 4.49. The van der Waals surface area contributed by atoms with Gasteiger partial charge in [-0.05, 0) is 43.1 Å². The molecule has 0 radical (unpaired) electrons. The van der Waals surface area contributed by atoms with Crippen molar-refractivity contribution in [3.8, 4) is 0 Å². The van der Waals surface area contributed by atoms with Crippen molar-refractivity contribution >= 4 is 17.4 Å². The Morgan fingerprint density at radius 2 is 2.05 bits per heavy atom. The minimum absolute atomic E-state index is 0.0299. The van der Waals surface area contributed by atoms with E-state index >= 15 is 0 Å². The van der Waals surface area contributed by atoms with Crippen LogP contribution in [0.1, 0.15) is 51.1 Å². The number of rotatable bonds is 3. The highest BCUT2D eigenvalue weighted by atomic mass is 35.5. The summed E-state index contributed by atoms with van der Waals surface area (Å²) in [6.45, 7) is 4.65. The number of pyridine rings is 1. The normalized spacial score (nSPS) is 21.3. The molecule has 1 aromatic heterocycles. The maximum Gasteiger partial charge on any atom is 0.128 e. The van der Waals surface area contributed by atoms with Gasteiger partial charge >= 0.3 is 0 Å². The summed E-state index contributed by atoms with van der Waals surface area (Å²) in [4.78, 5) is 4.12. The molecule has 4 nitrogen and oxygen atoms in total. The van der Waals surface area contributed by atoms with Crippen molar-refractivity contribution in [2.24, 2.45) is 17.2 Å². The van der Waals surface area contributed by atoms with Crippen molar-refractivity contribution in [3.63, 3.8) is 0 Å². The number of nitrogens with zero attached hydrogens (tertiary/aromatic N) is 1. The quantitative estimate of drug-likeness (QED) is 0.588. The van der Waals surface area contributed by atoms with Gasteiger partial charge in [0.15, 0.2) is 0 Å². The molecule has 1 unspecified atom stereocenters. The molecule has 1 atom stereocenters. The predicted molar refractivity (Wildman–Crippen MR) is 79.5 cm³/mol. The van der Waals surface area contributed by atoms with E-state index in [1.807, 2.05) is 6.07 Å². The molecule has 106 valence electrons. The van der Waals surface area contributed by atoms with Crippen molar-refractivity contribution in [3.05, 3.63) is 22.8 Å². The standard InChI is InChI=1S/C14H23ClN4/c1-14(2)5-3-9(4-6-14)12(19-17)11-7-10(15)8-18-13(11)16/h7-9,12,19H,3-6,17H2,1-2H3,(H2,16,18). The summed E-state index contributed by atoms with van der Waals surface area (Å²) in [5.74, 6) is 6.74. The van der Waals surface area contributed by atoms with E-state index in [2.05, 4.69) is 24.3 Å². The lowest BCUT2D eigenvalue weighted by atomic mass is 9.70. The molecule has 1 saturated carbocycles. The summed E-state index contributed by atoms with van der Waals surface area (Å²) in [5, 5.41) is 0.598. The lowest BCUT2D eigenvalue weighted by molar-refractivity contribution is 0.161. The third-order valence-electron chi connectivity index (χ3n) is 4.29. The molecule has 0 aliphatic heterocycles. The van der Waals surface area contributed by atoms with Crippen LogP contribution in [0.4, 0.5) is 5.82 Å². The fourth-order valence-corrected chi connectivity index (χ4v) is 3.12. The van der Waals surface area contributed by atoms with E-state index in [0.29, 0.717) is 22.2 Å². The van der Waals surface area contributed by atoms with E-state index in [9.17, 15) is 0 Å². The minimum Gasteiger partial charge on any atom is -0.383 e. The fourth-order valence-electron chi connectivity index (χ4n) is 2.95.